The maximum absolute atomic E-state index is 12.6. The van der Waals surface area contributed by atoms with Crippen molar-refractivity contribution in [3.8, 4) is 0 Å². The van der Waals surface area contributed by atoms with E-state index in [1.807, 2.05) is 42.0 Å². The number of carbonyl (C=O) groups is 2. The van der Waals surface area contributed by atoms with Gasteiger partial charge in [0.1, 0.15) is 0 Å². The predicted molar refractivity (Wildman–Crippen MR) is 117 cm³/mol. The summed E-state index contributed by atoms with van der Waals surface area (Å²) in [6.45, 7) is 2.53. The van der Waals surface area contributed by atoms with Crippen molar-refractivity contribution in [3.05, 3.63) is 82.9 Å². The Morgan fingerprint density at radius 1 is 1.17 bits per heavy atom. The Bertz CT molecular complexity index is 955. The van der Waals surface area contributed by atoms with Gasteiger partial charge in [-0.3, -0.25) is 9.59 Å². The highest BCUT2D eigenvalue weighted by atomic mass is 79.9. The third kappa shape index (κ3) is 6.57. The molecule has 0 spiro atoms. The van der Waals surface area contributed by atoms with Gasteiger partial charge in [0.2, 0.25) is 5.91 Å². The summed E-state index contributed by atoms with van der Waals surface area (Å²) in [6, 6.07) is 15.0. The molecule has 3 aromatic rings. The lowest BCUT2D eigenvalue weighted by molar-refractivity contribution is -0.116. The number of carbonyl (C=O) groups excluding carboxylic acids is 2. The van der Waals surface area contributed by atoms with E-state index in [1.165, 1.54) is 0 Å². The Balaban J connectivity index is 1.52. The summed E-state index contributed by atoms with van der Waals surface area (Å²) in [5.74, 6) is -0.274. The molecular formula is C22H23BrN4O2. The van der Waals surface area contributed by atoms with E-state index >= 15 is 0 Å². The van der Waals surface area contributed by atoms with Crippen molar-refractivity contribution in [2.24, 2.45) is 0 Å². The molecule has 0 aliphatic heterocycles. The number of aryl methyl sites for hydroxylation is 1. The van der Waals surface area contributed by atoms with Gasteiger partial charge in [-0.15, -0.1) is 0 Å². The molecule has 0 radical (unpaired) electrons. The maximum Gasteiger partial charge on any atom is 0.251 e. The van der Waals surface area contributed by atoms with Gasteiger partial charge in [0.05, 0.1) is 6.33 Å². The molecule has 2 amide bonds. The van der Waals surface area contributed by atoms with Gasteiger partial charge in [-0.05, 0) is 49.2 Å². The van der Waals surface area contributed by atoms with Crippen LogP contribution in [0, 0.1) is 0 Å². The molecule has 0 saturated heterocycles. The van der Waals surface area contributed by atoms with Crippen LogP contribution in [0.3, 0.4) is 0 Å². The third-order valence-corrected chi connectivity index (χ3v) is 4.93. The van der Waals surface area contributed by atoms with Gasteiger partial charge in [-0.1, -0.05) is 34.1 Å². The molecule has 1 heterocycles. The first kappa shape index (κ1) is 20.8. The molecule has 0 aliphatic rings. The molecule has 0 bridgehead atoms. The monoisotopic (exact) mass is 454 g/mol. The molecule has 1 atom stereocenters. The zero-order valence-electron chi connectivity index (χ0n) is 16.1. The number of hydrogen-bond acceptors (Lipinski definition) is 3. The first-order valence-corrected chi connectivity index (χ1v) is 10.2. The number of aromatic nitrogens is 2. The van der Waals surface area contributed by atoms with Crippen LogP contribution >= 0.6 is 15.9 Å². The number of halogens is 1. The summed E-state index contributed by atoms with van der Waals surface area (Å²) >= 11 is 3.42. The van der Waals surface area contributed by atoms with Crippen molar-refractivity contribution < 1.29 is 9.59 Å². The van der Waals surface area contributed by atoms with E-state index in [0.717, 1.165) is 16.5 Å². The van der Waals surface area contributed by atoms with Crippen molar-refractivity contribution in [1.82, 2.24) is 14.9 Å². The standard InChI is InChI=1S/C22H23BrN4O2/c1-16(13-17-5-7-19(23)8-6-17)25-22(29)18-3-2-4-20(14-18)26-21(28)9-11-27-12-10-24-15-27/h2-8,10,12,14-16H,9,11,13H2,1H3,(H,25,29)(H,26,28). The Hall–Kier alpha value is -2.93. The third-order valence-electron chi connectivity index (χ3n) is 4.40. The van der Waals surface area contributed by atoms with Gasteiger partial charge in [0.15, 0.2) is 0 Å². The average Bonchev–Trinajstić information content (AvgIpc) is 3.22. The number of nitrogens with one attached hydrogen (secondary N) is 2. The molecule has 2 N–H and O–H groups in total. The molecule has 1 aromatic heterocycles. The first-order chi connectivity index (χ1) is 14.0. The number of hydrogen-bond donors (Lipinski definition) is 2. The van der Waals surface area contributed by atoms with E-state index in [1.54, 1.807) is 36.8 Å². The molecule has 7 heteroatoms. The lowest BCUT2D eigenvalue weighted by Crippen LogP contribution is -2.34. The van der Waals surface area contributed by atoms with Gasteiger partial charge in [-0.2, -0.15) is 0 Å². The number of nitrogens with zero attached hydrogens (tertiary/aromatic N) is 2. The van der Waals surface area contributed by atoms with Crippen LogP contribution in [-0.4, -0.2) is 27.4 Å². The van der Waals surface area contributed by atoms with Crippen molar-refractivity contribution >= 4 is 33.4 Å². The number of benzene rings is 2. The zero-order valence-corrected chi connectivity index (χ0v) is 17.7. The van der Waals surface area contributed by atoms with E-state index in [4.69, 9.17) is 0 Å². The molecule has 3 rings (SSSR count). The van der Waals surface area contributed by atoms with Crippen LogP contribution in [-0.2, 0) is 17.8 Å². The van der Waals surface area contributed by atoms with Gasteiger partial charge in [0.25, 0.3) is 5.91 Å². The topological polar surface area (TPSA) is 76.0 Å². The summed E-state index contributed by atoms with van der Waals surface area (Å²) in [5, 5.41) is 5.85. The highest BCUT2D eigenvalue weighted by molar-refractivity contribution is 9.10. The fraction of sp³-hybridized carbons (Fsp3) is 0.227. The summed E-state index contributed by atoms with van der Waals surface area (Å²) in [6.07, 6.45) is 6.24. The molecular weight excluding hydrogens is 432 g/mol. The molecule has 29 heavy (non-hydrogen) atoms. The summed E-state index contributed by atoms with van der Waals surface area (Å²) in [5.41, 5.74) is 2.27. The Morgan fingerprint density at radius 3 is 2.69 bits per heavy atom. The Kier molecular flexibility index (Phi) is 7.19. The Labute approximate surface area is 178 Å². The fourth-order valence-electron chi connectivity index (χ4n) is 2.94. The molecule has 0 fully saturated rings. The number of anilines is 1. The molecule has 6 nitrogen and oxygen atoms in total. The largest absolute Gasteiger partial charge is 0.349 e. The molecule has 0 saturated carbocycles. The maximum atomic E-state index is 12.6. The highest BCUT2D eigenvalue weighted by Crippen LogP contribution is 2.14. The summed E-state index contributed by atoms with van der Waals surface area (Å²) < 4.78 is 2.87. The van der Waals surface area contributed by atoms with E-state index in [9.17, 15) is 9.59 Å². The molecule has 1 unspecified atom stereocenters. The normalized spacial score (nSPS) is 11.7. The second-order valence-electron chi connectivity index (χ2n) is 6.88. The van der Waals surface area contributed by atoms with E-state index in [-0.39, 0.29) is 17.9 Å². The minimum atomic E-state index is -0.163. The van der Waals surface area contributed by atoms with E-state index in [0.29, 0.717) is 24.2 Å². The molecule has 150 valence electrons. The lowest BCUT2D eigenvalue weighted by Gasteiger charge is -2.15. The lowest BCUT2D eigenvalue weighted by atomic mass is 10.1. The zero-order chi connectivity index (χ0) is 20.6. The van der Waals surface area contributed by atoms with Crippen LogP contribution in [0.15, 0.2) is 71.7 Å². The van der Waals surface area contributed by atoms with Crippen LogP contribution in [0.1, 0.15) is 29.3 Å². The Morgan fingerprint density at radius 2 is 1.97 bits per heavy atom. The van der Waals surface area contributed by atoms with Crippen LogP contribution in [0.2, 0.25) is 0 Å². The fourth-order valence-corrected chi connectivity index (χ4v) is 3.21. The summed E-state index contributed by atoms with van der Waals surface area (Å²) in [4.78, 5) is 28.7. The number of rotatable bonds is 8. The quantitative estimate of drug-likeness (QED) is 0.539. The summed E-state index contributed by atoms with van der Waals surface area (Å²) in [7, 11) is 0. The second kappa shape index (κ2) is 10.0. The SMILES string of the molecule is CC(Cc1ccc(Br)cc1)NC(=O)c1cccc(NC(=O)CCn2ccnc2)c1. The van der Waals surface area contributed by atoms with Gasteiger partial charge in [-0.25, -0.2) is 4.98 Å². The van der Waals surface area contributed by atoms with Crippen LogP contribution in [0.25, 0.3) is 0 Å². The van der Waals surface area contributed by atoms with Crippen LogP contribution in [0.4, 0.5) is 5.69 Å². The number of imidazole rings is 1. The first-order valence-electron chi connectivity index (χ1n) is 9.40. The predicted octanol–water partition coefficient (Wildman–Crippen LogP) is 4.04. The second-order valence-corrected chi connectivity index (χ2v) is 7.80. The highest BCUT2D eigenvalue weighted by Gasteiger charge is 2.12. The van der Waals surface area contributed by atoms with Gasteiger partial charge < -0.3 is 15.2 Å². The van der Waals surface area contributed by atoms with Crippen molar-refractivity contribution in [2.45, 2.75) is 32.4 Å². The van der Waals surface area contributed by atoms with Crippen LogP contribution < -0.4 is 10.6 Å². The van der Waals surface area contributed by atoms with Crippen molar-refractivity contribution in [1.29, 1.82) is 0 Å². The van der Waals surface area contributed by atoms with Crippen LogP contribution in [0.5, 0.6) is 0 Å². The molecule has 0 aliphatic carbocycles. The van der Waals surface area contributed by atoms with Crippen molar-refractivity contribution in [2.75, 3.05) is 5.32 Å². The smallest absolute Gasteiger partial charge is 0.251 e. The number of amides is 2. The van der Waals surface area contributed by atoms with E-state index < -0.39 is 0 Å². The van der Waals surface area contributed by atoms with Gasteiger partial charge >= 0.3 is 0 Å². The van der Waals surface area contributed by atoms with E-state index in [2.05, 4.69) is 31.5 Å². The minimum absolute atomic E-state index is 0.0166. The average molecular weight is 455 g/mol. The van der Waals surface area contributed by atoms with Crippen molar-refractivity contribution in [3.63, 3.8) is 0 Å². The van der Waals surface area contributed by atoms with Gasteiger partial charge in [0, 0.05) is 47.1 Å². The minimum Gasteiger partial charge on any atom is -0.349 e. The molecule has 2 aromatic carbocycles.